The molecule has 0 fully saturated rings. The Morgan fingerprint density at radius 3 is 2.47 bits per heavy atom. The van der Waals surface area contributed by atoms with E-state index < -0.39 is 5.97 Å². The van der Waals surface area contributed by atoms with Gasteiger partial charge in [0.1, 0.15) is 0 Å². The van der Waals surface area contributed by atoms with E-state index in [1.807, 2.05) is 6.08 Å². The SMILES string of the molecule is O=CNC=CCCCCCCCC(=O)O. The highest BCUT2D eigenvalue weighted by molar-refractivity contribution is 5.66. The van der Waals surface area contributed by atoms with Crippen LogP contribution in [0.5, 0.6) is 0 Å². The third-order valence-electron chi connectivity index (χ3n) is 2.04. The number of nitrogens with one attached hydrogen (secondary N) is 1. The van der Waals surface area contributed by atoms with Crippen LogP contribution < -0.4 is 5.32 Å². The van der Waals surface area contributed by atoms with Gasteiger partial charge in [-0.3, -0.25) is 9.59 Å². The first kappa shape index (κ1) is 13.7. The average Bonchev–Trinajstić information content (AvgIpc) is 2.20. The molecule has 4 heteroatoms. The first-order chi connectivity index (χ1) is 7.27. The molecule has 1 amide bonds. The van der Waals surface area contributed by atoms with Crippen LogP contribution in [0.3, 0.4) is 0 Å². The molecule has 0 rings (SSSR count). The second-order valence-corrected chi connectivity index (χ2v) is 3.39. The van der Waals surface area contributed by atoms with Gasteiger partial charge in [-0.25, -0.2) is 0 Å². The van der Waals surface area contributed by atoms with Crippen molar-refractivity contribution in [3.8, 4) is 0 Å². The van der Waals surface area contributed by atoms with E-state index in [4.69, 9.17) is 5.11 Å². The zero-order chi connectivity index (χ0) is 11.4. The molecule has 0 saturated heterocycles. The number of aliphatic carboxylic acids is 1. The van der Waals surface area contributed by atoms with Crippen molar-refractivity contribution < 1.29 is 14.7 Å². The number of carbonyl (C=O) groups excluding carboxylic acids is 1. The Balaban J connectivity index is 3.04. The van der Waals surface area contributed by atoms with Gasteiger partial charge in [0.15, 0.2) is 0 Å². The molecular formula is C11H19NO3. The van der Waals surface area contributed by atoms with Gasteiger partial charge in [-0.15, -0.1) is 0 Å². The maximum absolute atomic E-state index is 10.2. The predicted octanol–water partition coefficient (Wildman–Crippen LogP) is 2.06. The summed E-state index contributed by atoms with van der Waals surface area (Å²) in [5, 5.41) is 10.8. The van der Waals surface area contributed by atoms with E-state index >= 15 is 0 Å². The first-order valence-corrected chi connectivity index (χ1v) is 5.34. The number of amides is 1. The Morgan fingerprint density at radius 1 is 1.13 bits per heavy atom. The number of hydrogen-bond acceptors (Lipinski definition) is 2. The topological polar surface area (TPSA) is 66.4 Å². The van der Waals surface area contributed by atoms with E-state index in [-0.39, 0.29) is 6.42 Å². The van der Waals surface area contributed by atoms with Crippen molar-refractivity contribution in [1.29, 1.82) is 0 Å². The normalized spacial score (nSPS) is 10.4. The van der Waals surface area contributed by atoms with Crippen molar-refractivity contribution in [2.24, 2.45) is 0 Å². The molecule has 0 atom stereocenters. The predicted molar refractivity (Wildman–Crippen MR) is 58.3 cm³/mol. The number of rotatable bonds is 10. The Hall–Kier alpha value is -1.32. The van der Waals surface area contributed by atoms with E-state index in [9.17, 15) is 9.59 Å². The number of carboxylic acid groups (broad SMARTS) is 1. The van der Waals surface area contributed by atoms with Crippen molar-refractivity contribution in [3.05, 3.63) is 12.3 Å². The maximum atomic E-state index is 10.2. The lowest BCUT2D eigenvalue weighted by atomic mass is 10.1. The molecule has 0 heterocycles. The molecule has 0 aliphatic rings. The number of unbranched alkanes of at least 4 members (excludes halogenated alkanes) is 5. The monoisotopic (exact) mass is 213 g/mol. The highest BCUT2D eigenvalue weighted by Crippen LogP contribution is 2.07. The molecule has 0 radical (unpaired) electrons. The van der Waals surface area contributed by atoms with Crippen LogP contribution in [-0.4, -0.2) is 17.5 Å². The van der Waals surface area contributed by atoms with Crippen molar-refractivity contribution >= 4 is 12.4 Å². The van der Waals surface area contributed by atoms with Gasteiger partial charge in [0, 0.05) is 6.42 Å². The second-order valence-electron chi connectivity index (χ2n) is 3.39. The third kappa shape index (κ3) is 12.7. The molecular weight excluding hydrogens is 194 g/mol. The van der Waals surface area contributed by atoms with Gasteiger partial charge in [-0.2, -0.15) is 0 Å². The smallest absolute Gasteiger partial charge is 0.303 e. The highest BCUT2D eigenvalue weighted by atomic mass is 16.4. The summed E-state index contributed by atoms with van der Waals surface area (Å²) in [7, 11) is 0. The third-order valence-corrected chi connectivity index (χ3v) is 2.04. The molecule has 86 valence electrons. The van der Waals surface area contributed by atoms with Gasteiger partial charge in [0.2, 0.25) is 6.41 Å². The molecule has 0 aliphatic heterocycles. The van der Waals surface area contributed by atoms with E-state index in [2.05, 4.69) is 5.32 Å². The fraction of sp³-hybridized carbons (Fsp3) is 0.636. The van der Waals surface area contributed by atoms with Crippen LogP contribution in [0.1, 0.15) is 44.9 Å². The van der Waals surface area contributed by atoms with Gasteiger partial charge >= 0.3 is 5.97 Å². The van der Waals surface area contributed by atoms with Crippen molar-refractivity contribution in [2.45, 2.75) is 44.9 Å². The summed E-state index contributed by atoms with van der Waals surface area (Å²) in [4.78, 5) is 20.0. The zero-order valence-corrected chi connectivity index (χ0v) is 8.95. The molecule has 0 aromatic rings. The fourth-order valence-corrected chi connectivity index (χ4v) is 1.26. The summed E-state index contributed by atoms with van der Waals surface area (Å²) in [5.74, 6) is -0.710. The number of carboxylic acids is 1. The van der Waals surface area contributed by atoms with E-state index in [1.165, 1.54) is 0 Å². The number of hydrogen-bond donors (Lipinski definition) is 2. The van der Waals surface area contributed by atoms with Crippen LogP contribution >= 0.6 is 0 Å². The Morgan fingerprint density at radius 2 is 1.80 bits per heavy atom. The lowest BCUT2D eigenvalue weighted by Crippen LogP contribution is -1.97. The summed E-state index contributed by atoms with van der Waals surface area (Å²) in [6.07, 6.45) is 10.5. The minimum atomic E-state index is -0.710. The lowest BCUT2D eigenvalue weighted by molar-refractivity contribution is -0.137. The van der Waals surface area contributed by atoms with Gasteiger partial charge in [0.05, 0.1) is 0 Å². The standard InChI is InChI=1S/C11H19NO3/c13-10-12-9-7-5-3-1-2-4-6-8-11(14)15/h7,9-10H,1-6,8H2,(H,12,13)(H,14,15). The summed E-state index contributed by atoms with van der Waals surface area (Å²) in [6, 6.07) is 0. The van der Waals surface area contributed by atoms with Gasteiger partial charge in [-0.1, -0.05) is 25.3 Å². The molecule has 0 aromatic heterocycles. The molecule has 15 heavy (non-hydrogen) atoms. The molecule has 0 bridgehead atoms. The van der Waals surface area contributed by atoms with Crippen LogP contribution in [0.4, 0.5) is 0 Å². The molecule has 0 unspecified atom stereocenters. The fourth-order valence-electron chi connectivity index (χ4n) is 1.26. The van der Waals surface area contributed by atoms with Crippen molar-refractivity contribution in [1.82, 2.24) is 5.32 Å². The molecule has 0 aromatic carbocycles. The maximum Gasteiger partial charge on any atom is 0.303 e. The molecule has 0 saturated carbocycles. The van der Waals surface area contributed by atoms with E-state index in [0.717, 1.165) is 38.5 Å². The van der Waals surface area contributed by atoms with Crippen molar-refractivity contribution in [2.75, 3.05) is 0 Å². The van der Waals surface area contributed by atoms with Gasteiger partial charge in [-0.05, 0) is 25.5 Å². The Labute approximate surface area is 90.4 Å². The van der Waals surface area contributed by atoms with Crippen molar-refractivity contribution in [3.63, 3.8) is 0 Å². The largest absolute Gasteiger partial charge is 0.481 e. The van der Waals surface area contributed by atoms with E-state index in [1.54, 1.807) is 6.20 Å². The summed E-state index contributed by atoms with van der Waals surface area (Å²) in [5.41, 5.74) is 0. The Bertz CT molecular complexity index is 202. The minimum absolute atomic E-state index is 0.281. The van der Waals surface area contributed by atoms with Gasteiger partial charge < -0.3 is 10.4 Å². The quantitative estimate of drug-likeness (QED) is 0.431. The Kier molecular flexibility index (Phi) is 9.81. The highest BCUT2D eigenvalue weighted by Gasteiger charge is 1.95. The second kappa shape index (κ2) is 10.8. The van der Waals surface area contributed by atoms with Crippen LogP contribution in [0, 0.1) is 0 Å². The summed E-state index contributed by atoms with van der Waals surface area (Å²) >= 11 is 0. The number of allylic oxidation sites excluding steroid dienone is 1. The molecule has 2 N–H and O–H groups in total. The minimum Gasteiger partial charge on any atom is -0.481 e. The van der Waals surface area contributed by atoms with E-state index in [0.29, 0.717) is 6.41 Å². The lowest BCUT2D eigenvalue weighted by Gasteiger charge is -1.97. The van der Waals surface area contributed by atoms with Crippen LogP contribution in [0.25, 0.3) is 0 Å². The summed E-state index contributed by atoms with van der Waals surface area (Å²) < 4.78 is 0. The number of carbonyl (C=O) groups is 2. The van der Waals surface area contributed by atoms with Crippen LogP contribution in [0.2, 0.25) is 0 Å². The summed E-state index contributed by atoms with van der Waals surface area (Å²) in [6.45, 7) is 0. The molecule has 4 nitrogen and oxygen atoms in total. The molecule has 0 spiro atoms. The van der Waals surface area contributed by atoms with Crippen LogP contribution in [0.15, 0.2) is 12.3 Å². The zero-order valence-electron chi connectivity index (χ0n) is 8.95. The molecule has 0 aliphatic carbocycles. The van der Waals surface area contributed by atoms with Crippen LogP contribution in [-0.2, 0) is 9.59 Å². The first-order valence-electron chi connectivity index (χ1n) is 5.34. The average molecular weight is 213 g/mol. The van der Waals surface area contributed by atoms with Gasteiger partial charge in [0.25, 0.3) is 0 Å².